The molecule has 2 aromatic rings. The van der Waals surface area contributed by atoms with Crippen LogP contribution < -0.4 is 15.6 Å². The average Bonchev–Trinajstić information content (AvgIpc) is 3.30. The second-order valence-electron chi connectivity index (χ2n) is 11.4. The number of benzene rings is 2. The third kappa shape index (κ3) is 4.56. The van der Waals surface area contributed by atoms with Crippen LogP contribution in [-0.2, 0) is 4.79 Å². The summed E-state index contributed by atoms with van der Waals surface area (Å²) >= 11 is 6.51. The summed E-state index contributed by atoms with van der Waals surface area (Å²) in [6.45, 7) is 2.09. The lowest BCUT2D eigenvalue weighted by Gasteiger charge is -2.54. The van der Waals surface area contributed by atoms with Crippen molar-refractivity contribution in [1.82, 2.24) is 15.6 Å². The fourth-order valence-corrected chi connectivity index (χ4v) is 7.92. The van der Waals surface area contributed by atoms with Crippen molar-refractivity contribution < 1.29 is 14.0 Å². The smallest absolute Gasteiger partial charge is 0.315 e. The van der Waals surface area contributed by atoms with Crippen molar-refractivity contribution in [2.45, 2.75) is 63.6 Å². The lowest BCUT2D eigenvalue weighted by molar-refractivity contribution is -0.132. The van der Waals surface area contributed by atoms with Crippen molar-refractivity contribution in [2.24, 2.45) is 23.7 Å². The van der Waals surface area contributed by atoms with Gasteiger partial charge in [0.2, 0.25) is 0 Å². The highest BCUT2D eigenvalue weighted by Gasteiger charge is 2.49. The molecule has 2 aromatic carbocycles. The molecule has 6 nitrogen and oxygen atoms in total. The van der Waals surface area contributed by atoms with Crippen molar-refractivity contribution in [3.05, 3.63) is 64.9 Å². The Hall–Kier alpha value is -2.80. The summed E-state index contributed by atoms with van der Waals surface area (Å²) in [6, 6.07) is 12.7. The summed E-state index contributed by atoms with van der Waals surface area (Å²) in [5, 5.41) is 9.93. The molecule has 2 atom stereocenters. The molecule has 2 N–H and O–H groups in total. The van der Waals surface area contributed by atoms with E-state index in [1.54, 1.807) is 41.2 Å². The number of amides is 3. The van der Waals surface area contributed by atoms with Crippen LogP contribution >= 0.6 is 11.6 Å². The van der Waals surface area contributed by atoms with E-state index < -0.39 is 11.9 Å². The molecule has 5 aliphatic rings. The molecule has 0 aromatic heterocycles. The minimum atomic E-state index is -0.767. The molecule has 0 unspecified atom stereocenters. The van der Waals surface area contributed by atoms with E-state index in [1.807, 2.05) is 18.2 Å². The largest absolute Gasteiger partial charge is 0.335 e. The van der Waals surface area contributed by atoms with Gasteiger partial charge in [0, 0.05) is 17.6 Å². The number of carbonyl (C=O) groups is 2. The second-order valence-corrected chi connectivity index (χ2v) is 11.8. The quantitative estimate of drug-likeness (QED) is 0.528. The van der Waals surface area contributed by atoms with Gasteiger partial charge in [-0.25, -0.2) is 9.18 Å². The van der Waals surface area contributed by atoms with Crippen LogP contribution in [0, 0.1) is 29.5 Å². The summed E-state index contributed by atoms with van der Waals surface area (Å²) in [7, 11) is 0. The standard InChI is InChI=1S/C29H34ClFN4O2/c1-17(32-29(37)33-27-20-13-18-12-19(15-20)16-21(27)14-18)28(36)34-11-10-25(22-6-2-3-7-23(22)30)35(34)26-9-5-4-8-24(26)31/h2-9,17-21,25,27H,10-16H2,1H3,(H2,32,33,37)/t17-,18?,19?,20?,21?,25+,27?/m0/s1. The number of carbonyl (C=O) groups excluding carboxylic acids is 2. The number of halogens is 2. The molecule has 4 bridgehead atoms. The van der Waals surface area contributed by atoms with Crippen molar-refractivity contribution in [3.8, 4) is 0 Å². The summed E-state index contributed by atoms with van der Waals surface area (Å²) in [5.41, 5.74) is 1.14. The summed E-state index contributed by atoms with van der Waals surface area (Å²) in [4.78, 5) is 26.7. The predicted octanol–water partition coefficient (Wildman–Crippen LogP) is 5.69. The van der Waals surface area contributed by atoms with Crippen molar-refractivity contribution in [3.63, 3.8) is 0 Å². The molecular weight excluding hydrogens is 491 g/mol. The molecule has 1 saturated heterocycles. The number of urea groups is 1. The first-order valence-corrected chi connectivity index (χ1v) is 13.9. The first-order valence-electron chi connectivity index (χ1n) is 13.6. The van der Waals surface area contributed by atoms with Crippen LogP contribution in [0.15, 0.2) is 48.5 Å². The fraction of sp³-hybridized carbons (Fsp3) is 0.517. The second kappa shape index (κ2) is 9.82. The van der Waals surface area contributed by atoms with Gasteiger partial charge in [-0.05, 0) is 92.9 Å². The highest BCUT2D eigenvalue weighted by atomic mass is 35.5. The van der Waals surface area contributed by atoms with Crippen molar-refractivity contribution in [2.75, 3.05) is 11.6 Å². The molecule has 5 fully saturated rings. The number of hydrogen-bond donors (Lipinski definition) is 2. The minimum absolute atomic E-state index is 0.196. The maximum atomic E-state index is 15.0. The molecule has 4 aliphatic carbocycles. The molecule has 0 spiro atoms. The molecular formula is C29H34ClFN4O2. The molecule has 0 radical (unpaired) electrons. The number of para-hydroxylation sites is 1. The first-order chi connectivity index (χ1) is 17.9. The van der Waals surface area contributed by atoms with E-state index in [0.29, 0.717) is 35.5 Å². The number of nitrogens with zero attached hydrogens (tertiary/aromatic N) is 2. The Balaban J connectivity index is 1.18. The SMILES string of the molecule is C[C@H](NC(=O)NC1C2CC3CC(C2)CC1C3)C(=O)N1CC[C@H](c2ccccc2Cl)N1c1ccccc1F. The van der Waals surface area contributed by atoms with Crippen LogP contribution in [0.5, 0.6) is 0 Å². The zero-order chi connectivity index (χ0) is 25.7. The number of hydrogen-bond acceptors (Lipinski definition) is 3. The van der Waals surface area contributed by atoms with Gasteiger partial charge >= 0.3 is 6.03 Å². The zero-order valence-electron chi connectivity index (χ0n) is 21.1. The van der Waals surface area contributed by atoms with Gasteiger partial charge in [0.1, 0.15) is 11.9 Å². The molecule has 196 valence electrons. The van der Waals surface area contributed by atoms with E-state index in [2.05, 4.69) is 10.6 Å². The predicted molar refractivity (Wildman–Crippen MR) is 141 cm³/mol. The third-order valence-electron chi connectivity index (χ3n) is 9.03. The van der Waals surface area contributed by atoms with E-state index >= 15 is 0 Å². The number of nitrogens with one attached hydrogen (secondary N) is 2. The van der Waals surface area contributed by atoms with Gasteiger partial charge in [-0.15, -0.1) is 0 Å². The maximum absolute atomic E-state index is 15.0. The van der Waals surface area contributed by atoms with Crippen molar-refractivity contribution >= 4 is 29.2 Å². The Morgan fingerprint density at radius 3 is 2.30 bits per heavy atom. The molecule has 37 heavy (non-hydrogen) atoms. The zero-order valence-corrected chi connectivity index (χ0v) is 21.8. The van der Waals surface area contributed by atoms with Gasteiger partial charge in [-0.1, -0.05) is 41.9 Å². The van der Waals surface area contributed by atoms with Gasteiger partial charge in [0.15, 0.2) is 0 Å². The normalized spacial score (nSPS) is 30.9. The Bertz CT molecular complexity index is 1160. The highest BCUT2D eigenvalue weighted by Crippen LogP contribution is 2.53. The number of rotatable bonds is 5. The van der Waals surface area contributed by atoms with Crippen LogP contribution in [-0.4, -0.2) is 35.6 Å². The minimum Gasteiger partial charge on any atom is -0.335 e. The van der Waals surface area contributed by atoms with Crippen LogP contribution in [0.4, 0.5) is 14.9 Å². The Morgan fingerprint density at radius 2 is 1.62 bits per heavy atom. The molecule has 4 saturated carbocycles. The third-order valence-corrected chi connectivity index (χ3v) is 9.37. The lowest BCUT2D eigenvalue weighted by atomic mass is 9.54. The molecule has 3 amide bonds. The van der Waals surface area contributed by atoms with Gasteiger partial charge in [-0.2, -0.15) is 0 Å². The van der Waals surface area contributed by atoms with Gasteiger partial charge in [0.05, 0.1) is 11.7 Å². The summed E-state index contributed by atoms with van der Waals surface area (Å²) < 4.78 is 15.0. The van der Waals surface area contributed by atoms with E-state index in [0.717, 1.165) is 17.4 Å². The summed E-state index contributed by atoms with van der Waals surface area (Å²) in [5.74, 6) is 2.07. The lowest BCUT2D eigenvalue weighted by Crippen LogP contribution is -2.59. The number of hydrazine groups is 1. The van der Waals surface area contributed by atoms with Gasteiger partial charge in [0.25, 0.3) is 5.91 Å². The van der Waals surface area contributed by atoms with Crippen LogP contribution in [0.25, 0.3) is 0 Å². The Morgan fingerprint density at radius 1 is 0.973 bits per heavy atom. The van der Waals surface area contributed by atoms with E-state index in [-0.39, 0.29) is 24.0 Å². The molecule has 7 rings (SSSR count). The van der Waals surface area contributed by atoms with Gasteiger partial charge in [-0.3, -0.25) is 14.8 Å². The molecule has 1 aliphatic heterocycles. The molecule has 8 heteroatoms. The first kappa shape index (κ1) is 24.5. The van der Waals surface area contributed by atoms with Crippen LogP contribution in [0.2, 0.25) is 5.02 Å². The number of anilines is 1. The van der Waals surface area contributed by atoms with E-state index in [9.17, 15) is 14.0 Å². The van der Waals surface area contributed by atoms with Crippen LogP contribution in [0.1, 0.15) is 57.1 Å². The van der Waals surface area contributed by atoms with E-state index in [4.69, 9.17) is 11.6 Å². The highest BCUT2D eigenvalue weighted by molar-refractivity contribution is 6.31. The summed E-state index contributed by atoms with van der Waals surface area (Å²) in [6.07, 6.45) is 6.79. The average molecular weight is 525 g/mol. The molecule has 1 heterocycles. The van der Waals surface area contributed by atoms with Crippen LogP contribution in [0.3, 0.4) is 0 Å². The Labute approximate surface area is 222 Å². The van der Waals surface area contributed by atoms with Gasteiger partial charge < -0.3 is 10.6 Å². The van der Waals surface area contributed by atoms with E-state index in [1.165, 1.54) is 38.2 Å². The maximum Gasteiger partial charge on any atom is 0.315 e. The van der Waals surface area contributed by atoms with Crippen molar-refractivity contribution in [1.29, 1.82) is 0 Å². The monoisotopic (exact) mass is 524 g/mol. The Kier molecular flexibility index (Phi) is 6.51. The fourth-order valence-electron chi connectivity index (χ4n) is 7.66. The topological polar surface area (TPSA) is 64.7 Å².